The highest BCUT2D eigenvalue weighted by atomic mass is 16.4. The molecule has 0 aliphatic heterocycles. The summed E-state index contributed by atoms with van der Waals surface area (Å²) in [5.74, 6) is -1.76. The largest absolute Gasteiger partial charge is 0.480 e. The van der Waals surface area contributed by atoms with E-state index < -0.39 is 18.4 Å². The third-order valence-corrected chi connectivity index (χ3v) is 3.78. The van der Waals surface area contributed by atoms with Gasteiger partial charge in [0.2, 0.25) is 0 Å². The molecule has 27 heavy (non-hydrogen) atoms. The molecule has 2 rings (SSSR count). The summed E-state index contributed by atoms with van der Waals surface area (Å²) >= 11 is 0. The van der Waals surface area contributed by atoms with Gasteiger partial charge in [0.05, 0.1) is 0 Å². The maximum absolute atomic E-state index is 12.8. The lowest BCUT2D eigenvalue weighted by molar-refractivity contribution is -0.135. The van der Waals surface area contributed by atoms with E-state index in [9.17, 15) is 14.4 Å². The summed E-state index contributed by atoms with van der Waals surface area (Å²) in [5, 5.41) is 12.0. The van der Waals surface area contributed by atoms with Gasteiger partial charge in [0.25, 0.3) is 11.8 Å². The van der Waals surface area contributed by atoms with Crippen LogP contribution in [0, 0.1) is 5.41 Å². The van der Waals surface area contributed by atoms with E-state index in [-0.39, 0.29) is 11.3 Å². The molecule has 0 atom stereocenters. The zero-order chi connectivity index (χ0) is 20.0. The second-order valence-corrected chi connectivity index (χ2v) is 7.44. The average molecular weight is 368 g/mol. The van der Waals surface area contributed by atoms with Crippen molar-refractivity contribution in [3.05, 3.63) is 65.7 Å². The molecule has 142 valence electrons. The number of carbonyl (C=O) groups excluding carboxylic acids is 2. The minimum atomic E-state index is -1.11. The average Bonchev–Trinajstić information content (AvgIpc) is 2.63. The van der Waals surface area contributed by atoms with Gasteiger partial charge in [-0.25, -0.2) is 0 Å². The normalized spacial score (nSPS) is 10.9. The Morgan fingerprint density at radius 3 is 2.00 bits per heavy atom. The zero-order valence-electron chi connectivity index (χ0n) is 15.7. The standard InChI is InChI=1S/C21H24N2O4/c1-21(2,3)14-22-19(26)15-9-11-16(12-10-15)20(27)23(13-18(24)25)17-7-5-4-6-8-17/h4-12H,13-14H2,1-3H3,(H,22,26)(H,24,25). The van der Waals surface area contributed by atoms with Crippen LogP contribution in [0.25, 0.3) is 0 Å². The van der Waals surface area contributed by atoms with Crippen LogP contribution in [-0.2, 0) is 4.79 Å². The van der Waals surface area contributed by atoms with Crippen molar-refractivity contribution in [3.63, 3.8) is 0 Å². The maximum atomic E-state index is 12.8. The van der Waals surface area contributed by atoms with Crippen LogP contribution in [0.3, 0.4) is 0 Å². The molecule has 0 aliphatic carbocycles. The van der Waals surface area contributed by atoms with E-state index in [2.05, 4.69) is 5.32 Å². The van der Waals surface area contributed by atoms with Gasteiger partial charge in [0, 0.05) is 23.4 Å². The van der Waals surface area contributed by atoms with Crippen LogP contribution in [0.4, 0.5) is 5.69 Å². The van der Waals surface area contributed by atoms with Gasteiger partial charge in [-0.3, -0.25) is 19.3 Å². The first-order valence-electron chi connectivity index (χ1n) is 8.64. The lowest BCUT2D eigenvalue weighted by Gasteiger charge is -2.21. The Morgan fingerprint density at radius 2 is 1.48 bits per heavy atom. The molecule has 0 unspecified atom stereocenters. The van der Waals surface area contributed by atoms with Crippen LogP contribution in [0.15, 0.2) is 54.6 Å². The number of carbonyl (C=O) groups is 3. The van der Waals surface area contributed by atoms with E-state index in [1.165, 1.54) is 17.0 Å². The number of aliphatic carboxylic acids is 1. The molecule has 2 aromatic carbocycles. The van der Waals surface area contributed by atoms with Crippen LogP contribution >= 0.6 is 0 Å². The summed E-state index contributed by atoms with van der Waals surface area (Å²) in [6.45, 7) is 6.16. The Labute approximate surface area is 158 Å². The lowest BCUT2D eigenvalue weighted by atomic mass is 9.97. The van der Waals surface area contributed by atoms with Gasteiger partial charge in [-0.05, 0) is 41.8 Å². The second kappa shape index (κ2) is 8.49. The molecule has 0 spiro atoms. The number of carboxylic acids is 1. The summed E-state index contributed by atoms with van der Waals surface area (Å²) in [6.07, 6.45) is 0. The maximum Gasteiger partial charge on any atom is 0.323 e. The fourth-order valence-electron chi connectivity index (χ4n) is 2.39. The van der Waals surface area contributed by atoms with Crippen LogP contribution in [0.1, 0.15) is 41.5 Å². The van der Waals surface area contributed by atoms with Crippen molar-refractivity contribution in [3.8, 4) is 0 Å². The molecule has 6 nitrogen and oxygen atoms in total. The Bertz CT molecular complexity index is 808. The third kappa shape index (κ3) is 5.95. The molecule has 0 heterocycles. The van der Waals surface area contributed by atoms with Gasteiger partial charge in [-0.15, -0.1) is 0 Å². The highest BCUT2D eigenvalue weighted by molar-refractivity contribution is 6.08. The SMILES string of the molecule is CC(C)(C)CNC(=O)c1ccc(C(=O)N(CC(=O)O)c2ccccc2)cc1. The van der Waals surface area contributed by atoms with Crippen LogP contribution in [0.5, 0.6) is 0 Å². The van der Waals surface area contributed by atoms with Crippen molar-refractivity contribution in [1.29, 1.82) is 0 Å². The van der Waals surface area contributed by atoms with E-state index in [0.29, 0.717) is 23.4 Å². The molecule has 0 aliphatic rings. The molecular weight excluding hydrogens is 344 g/mol. The lowest BCUT2D eigenvalue weighted by Crippen LogP contribution is -2.35. The highest BCUT2D eigenvalue weighted by Crippen LogP contribution is 2.17. The predicted molar refractivity (Wildman–Crippen MR) is 104 cm³/mol. The number of nitrogens with zero attached hydrogens (tertiary/aromatic N) is 1. The number of rotatable bonds is 6. The fraction of sp³-hybridized carbons (Fsp3) is 0.286. The number of nitrogens with one attached hydrogen (secondary N) is 1. The van der Waals surface area contributed by atoms with Crippen molar-refractivity contribution < 1.29 is 19.5 Å². The molecule has 0 saturated heterocycles. The van der Waals surface area contributed by atoms with Gasteiger partial charge in [-0.2, -0.15) is 0 Å². The van der Waals surface area contributed by atoms with E-state index in [0.717, 1.165) is 0 Å². The minimum Gasteiger partial charge on any atom is -0.480 e. The van der Waals surface area contributed by atoms with Crippen LogP contribution in [0.2, 0.25) is 0 Å². The molecule has 0 aromatic heterocycles. The van der Waals surface area contributed by atoms with Crippen molar-refractivity contribution in [2.75, 3.05) is 18.0 Å². The number of anilines is 1. The van der Waals surface area contributed by atoms with Crippen molar-refractivity contribution in [1.82, 2.24) is 5.32 Å². The molecule has 2 N–H and O–H groups in total. The summed E-state index contributed by atoms with van der Waals surface area (Å²) in [4.78, 5) is 37.3. The molecule has 2 aromatic rings. The van der Waals surface area contributed by atoms with Crippen molar-refractivity contribution >= 4 is 23.5 Å². The van der Waals surface area contributed by atoms with Crippen molar-refractivity contribution in [2.45, 2.75) is 20.8 Å². The third-order valence-electron chi connectivity index (χ3n) is 3.78. The first-order valence-corrected chi connectivity index (χ1v) is 8.64. The summed E-state index contributed by atoms with van der Waals surface area (Å²) in [5.41, 5.74) is 1.23. The van der Waals surface area contributed by atoms with Gasteiger partial charge in [-0.1, -0.05) is 39.0 Å². The van der Waals surface area contributed by atoms with Crippen molar-refractivity contribution in [2.24, 2.45) is 5.41 Å². The summed E-state index contributed by atoms with van der Waals surface area (Å²) in [7, 11) is 0. The van der Waals surface area contributed by atoms with E-state index in [4.69, 9.17) is 5.11 Å². The number of hydrogen-bond acceptors (Lipinski definition) is 3. The van der Waals surface area contributed by atoms with Crippen LogP contribution in [-0.4, -0.2) is 36.0 Å². The Morgan fingerprint density at radius 1 is 0.926 bits per heavy atom. The van der Waals surface area contributed by atoms with Gasteiger partial charge < -0.3 is 10.4 Å². The Kier molecular flexibility index (Phi) is 6.34. The zero-order valence-corrected chi connectivity index (χ0v) is 15.7. The van der Waals surface area contributed by atoms with Gasteiger partial charge in [0.15, 0.2) is 0 Å². The number of benzene rings is 2. The quantitative estimate of drug-likeness (QED) is 0.820. The van der Waals surface area contributed by atoms with Gasteiger partial charge >= 0.3 is 5.97 Å². The van der Waals surface area contributed by atoms with Gasteiger partial charge in [0.1, 0.15) is 6.54 Å². The smallest absolute Gasteiger partial charge is 0.323 e. The minimum absolute atomic E-state index is 0.0292. The summed E-state index contributed by atoms with van der Waals surface area (Å²) < 4.78 is 0. The number of para-hydroxylation sites is 1. The van der Waals surface area contributed by atoms with E-state index in [1.54, 1.807) is 42.5 Å². The molecule has 0 fully saturated rings. The molecule has 0 saturated carbocycles. The number of hydrogen-bond donors (Lipinski definition) is 2. The molecule has 0 radical (unpaired) electrons. The predicted octanol–water partition coefficient (Wildman–Crippen LogP) is 3.19. The summed E-state index contributed by atoms with van der Waals surface area (Å²) in [6, 6.07) is 14.8. The monoisotopic (exact) mass is 368 g/mol. The second-order valence-electron chi connectivity index (χ2n) is 7.44. The Balaban J connectivity index is 2.17. The van der Waals surface area contributed by atoms with E-state index >= 15 is 0 Å². The highest BCUT2D eigenvalue weighted by Gasteiger charge is 2.21. The topological polar surface area (TPSA) is 86.7 Å². The number of amides is 2. The molecule has 2 amide bonds. The first-order chi connectivity index (χ1) is 12.7. The molecular formula is C21H24N2O4. The fourth-order valence-corrected chi connectivity index (χ4v) is 2.39. The first kappa shape index (κ1) is 20.2. The Hall–Kier alpha value is -3.15. The molecule has 0 bridgehead atoms. The molecule has 6 heteroatoms. The number of carboxylic acid groups (broad SMARTS) is 1. The van der Waals surface area contributed by atoms with Crippen LogP contribution < -0.4 is 10.2 Å². The van der Waals surface area contributed by atoms with E-state index in [1.807, 2.05) is 20.8 Å².